The molecule has 2 unspecified atom stereocenters. The van der Waals surface area contributed by atoms with Gasteiger partial charge < -0.3 is 5.11 Å². The van der Waals surface area contributed by atoms with Crippen LogP contribution in [0.5, 0.6) is 0 Å². The van der Waals surface area contributed by atoms with Gasteiger partial charge in [0, 0.05) is 20.9 Å². The average Bonchev–Trinajstić information content (AvgIpc) is 2.64. The summed E-state index contributed by atoms with van der Waals surface area (Å²) >= 11 is 1.21. The molecule has 0 aliphatic carbocycles. The van der Waals surface area contributed by atoms with Gasteiger partial charge in [0.25, 0.3) is 0 Å². The Morgan fingerprint density at radius 1 is 1.44 bits per heavy atom. The first-order valence-corrected chi connectivity index (χ1v) is 7.31. The third-order valence-electron chi connectivity index (χ3n) is 2.51. The van der Waals surface area contributed by atoms with E-state index in [2.05, 4.69) is 0 Å². The second-order valence-electron chi connectivity index (χ2n) is 4.05. The van der Waals surface area contributed by atoms with Crippen molar-refractivity contribution in [3.8, 4) is 0 Å². The van der Waals surface area contributed by atoms with Crippen molar-refractivity contribution in [2.24, 2.45) is 5.92 Å². The summed E-state index contributed by atoms with van der Waals surface area (Å²) in [5.41, 5.74) is 0. The molecular weight excluding hydrogens is 244 g/mol. The number of hydrogen-bond donors (Lipinski definition) is 1. The number of carboxylic acid groups (broad SMARTS) is 1. The Morgan fingerprint density at radius 3 is 2.50 bits per heavy atom. The lowest BCUT2D eigenvalue weighted by molar-refractivity contribution is 0.0702. The number of carbonyl (C=O) groups is 1. The molecule has 2 atom stereocenters. The third kappa shape index (κ3) is 3.42. The van der Waals surface area contributed by atoms with Gasteiger partial charge in [-0.3, -0.25) is 4.21 Å². The van der Waals surface area contributed by atoms with E-state index in [1.165, 1.54) is 11.3 Å². The molecule has 0 spiro atoms. The fourth-order valence-corrected chi connectivity index (χ4v) is 3.62. The van der Waals surface area contributed by atoms with Crippen LogP contribution in [0, 0.1) is 5.92 Å². The largest absolute Gasteiger partial charge is 0.477 e. The first-order valence-electron chi connectivity index (χ1n) is 5.11. The summed E-state index contributed by atoms with van der Waals surface area (Å²) in [7, 11) is -0.928. The summed E-state index contributed by atoms with van der Waals surface area (Å²) in [4.78, 5) is 11.9. The third-order valence-corrected chi connectivity index (χ3v) is 5.74. The van der Waals surface area contributed by atoms with Gasteiger partial charge in [-0.25, -0.2) is 4.79 Å². The van der Waals surface area contributed by atoms with Crippen molar-refractivity contribution in [3.05, 3.63) is 21.9 Å². The zero-order valence-corrected chi connectivity index (χ0v) is 11.2. The van der Waals surface area contributed by atoms with E-state index in [0.29, 0.717) is 16.5 Å². The molecule has 5 heteroatoms. The quantitative estimate of drug-likeness (QED) is 0.885. The van der Waals surface area contributed by atoms with Gasteiger partial charge in [-0.1, -0.05) is 20.8 Å². The molecule has 90 valence electrons. The Balaban J connectivity index is 2.66. The Kier molecular flexibility index (Phi) is 4.68. The predicted octanol–water partition coefficient (Wildman–Crippen LogP) is 2.74. The maximum atomic E-state index is 11.9. The Labute approximate surface area is 102 Å². The Morgan fingerprint density at radius 2 is 2.06 bits per heavy atom. The number of hydrogen-bond acceptors (Lipinski definition) is 3. The van der Waals surface area contributed by atoms with E-state index in [9.17, 15) is 9.00 Å². The van der Waals surface area contributed by atoms with Crippen molar-refractivity contribution in [1.82, 2.24) is 0 Å². The number of thiophene rings is 1. The average molecular weight is 260 g/mol. The molecule has 0 saturated carbocycles. The van der Waals surface area contributed by atoms with Crippen molar-refractivity contribution < 1.29 is 14.1 Å². The van der Waals surface area contributed by atoms with E-state index in [1.807, 2.05) is 20.8 Å². The summed E-state index contributed by atoms with van der Waals surface area (Å²) in [6.45, 7) is 6.05. The minimum atomic E-state index is -0.928. The maximum Gasteiger partial charge on any atom is 0.345 e. The molecule has 16 heavy (non-hydrogen) atoms. The van der Waals surface area contributed by atoms with Crippen LogP contribution in [0.25, 0.3) is 0 Å². The van der Waals surface area contributed by atoms with Gasteiger partial charge >= 0.3 is 5.97 Å². The zero-order chi connectivity index (χ0) is 12.3. The van der Waals surface area contributed by atoms with Crippen molar-refractivity contribution >= 4 is 28.1 Å². The van der Waals surface area contributed by atoms with Gasteiger partial charge in [-0.2, -0.15) is 0 Å². The van der Waals surface area contributed by atoms with Gasteiger partial charge in [0.2, 0.25) is 0 Å². The van der Waals surface area contributed by atoms with E-state index in [-0.39, 0.29) is 5.25 Å². The number of aromatic carboxylic acids is 1. The smallest absolute Gasteiger partial charge is 0.345 e. The van der Waals surface area contributed by atoms with Gasteiger partial charge in [-0.15, -0.1) is 11.3 Å². The lowest BCUT2D eigenvalue weighted by Crippen LogP contribution is -2.18. The van der Waals surface area contributed by atoms with Crippen LogP contribution in [-0.4, -0.2) is 20.5 Å². The molecule has 0 radical (unpaired) electrons. The minimum Gasteiger partial charge on any atom is -0.477 e. The van der Waals surface area contributed by atoms with Crippen molar-refractivity contribution in [1.29, 1.82) is 0 Å². The minimum absolute atomic E-state index is 0.135. The van der Waals surface area contributed by atoms with E-state index in [1.54, 1.807) is 12.1 Å². The predicted molar refractivity (Wildman–Crippen MR) is 67.4 cm³/mol. The molecule has 0 bridgehead atoms. The number of carboxylic acids is 1. The Hall–Kier alpha value is -0.680. The summed E-state index contributed by atoms with van der Waals surface area (Å²) in [6, 6.07) is 3.32. The van der Waals surface area contributed by atoms with E-state index in [4.69, 9.17) is 5.11 Å². The fourth-order valence-electron chi connectivity index (χ4n) is 1.15. The summed E-state index contributed by atoms with van der Waals surface area (Å²) in [5.74, 6) is -0.0872. The van der Waals surface area contributed by atoms with Crippen molar-refractivity contribution in [2.75, 3.05) is 0 Å². The molecule has 1 rings (SSSR count). The normalized spacial score (nSPS) is 15.0. The van der Waals surface area contributed by atoms with E-state index in [0.717, 1.165) is 4.88 Å². The van der Waals surface area contributed by atoms with Gasteiger partial charge in [0.05, 0.1) is 5.75 Å². The second-order valence-corrected chi connectivity index (χ2v) is 7.01. The first kappa shape index (κ1) is 13.4. The molecule has 1 heterocycles. The lowest BCUT2D eigenvalue weighted by Gasteiger charge is -2.14. The van der Waals surface area contributed by atoms with Crippen LogP contribution in [-0.2, 0) is 16.6 Å². The molecular formula is C11H16O3S2. The molecule has 1 N–H and O–H groups in total. The van der Waals surface area contributed by atoms with Crippen LogP contribution in [0.2, 0.25) is 0 Å². The van der Waals surface area contributed by atoms with Crippen LogP contribution in [0.3, 0.4) is 0 Å². The highest BCUT2D eigenvalue weighted by atomic mass is 32.2. The van der Waals surface area contributed by atoms with E-state index >= 15 is 0 Å². The lowest BCUT2D eigenvalue weighted by atomic mass is 10.2. The highest BCUT2D eigenvalue weighted by Crippen LogP contribution is 2.20. The molecule has 1 aromatic rings. The summed E-state index contributed by atoms with van der Waals surface area (Å²) in [5, 5.41) is 8.90. The fraction of sp³-hybridized carbons (Fsp3) is 0.545. The van der Waals surface area contributed by atoms with Gasteiger partial charge in [-0.05, 0) is 18.1 Å². The topological polar surface area (TPSA) is 54.4 Å². The maximum absolute atomic E-state index is 11.9. The number of rotatable bonds is 5. The summed E-state index contributed by atoms with van der Waals surface area (Å²) < 4.78 is 11.9. The molecule has 0 aliphatic rings. The van der Waals surface area contributed by atoms with Gasteiger partial charge in [0.15, 0.2) is 0 Å². The van der Waals surface area contributed by atoms with Crippen LogP contribution in [0.1, 0.15) is 35.3 Å². The standard InChI is InChI=1S/C11H16O3S2/c1-7(2)8(3)16(14)6-9-4-5-10(15-9)11(12)13/h4-5,7-8H,6H2,1-3H3,(H,12,13). The molecule has 0 aliphatic heterocycles. The van der Waals surface area contributed by atoms with Crippen LogP contribution in [0.4, 0.5) is 0 Å². The van der Waals surface area contributed by atoms with E-state index < -0.39 is 16.8 Å². The second kappa shape index (κ2) is 5.59. The monoisotopic (exact) mass is 260 g/mol. The Bertz CT molecular complexity index is 396. The first-order chi connectivity index (χ1) is 7.41. The van der Waals surface area contributed by atoms with Crippen molar-refractivity contribution in [3.63, 3.8) is 0 Å². The molecule has 0 fully saturated rings. The van der Waals surface area contributed by atoms with Crippen LogP contribution in [0.15, 0.2) is 12.1 Å². The highest BCUT2D eigenvalue weighted by Gasteiger charge is 2.16. The molecule has 3 nitrogen and oxygen atoms in total. The van der Waals surface area contributed by atoms with Crippen LogP contribution >= 0.6 is 11.3 Å². The summed E-state index contributed by atoms with van der Waals surface area (Å²) in [6.07, 6.45) is 0. The van der Waals surface area contributed by atoms with Crippen molar-refractivity contribution in [2.45, 2.75) is 31.8 Å². The molecule has 0 saturated heterocycles. The van der Waals surface area contributed by atoms with Gasteiger partial charge in [0.1, 0.15) is 4.88 Å². The molecule has 0 aromatic carbocycles. The highest BCUT2D eigenvalue weighted by molar-refractivity contribution is 7.85. The molecule has 0 amide bonds. The molecule has 1 aromatic heterocycles. The van der Waals surface area contributed by atoms with Crippen LogP contribution < -0.4 is 0 Å². The zero-order valence-electron chi connectivity index (χ0n) is 9.60. The SMILES string of the molecule is CC(C)C(C)S(=O)Cc1ccc(C(=O)O)s1.